The van der Waals surface area contributed by atoms with E-state index in [9.17, 15) is 0 Å². The number of hydrogen-bond acceptors (Lipinski definition) is 2. The van der Waals surface area contributed by atoms with Crippen LogP contribution < -0.4 is 9.47 Å². The number of benzene rings is 1. The third kappa shape index (κ3) is 3.31. The molecule has 82 valence electrons. The summed E-state index contributed by atoms with van der Waals surface area (Å²) in [7, 11) is 1.64. The van der Waals surface area contributed by atoms with Gasteiger partial charge in [0.15, 0.2) is 0 Å². The van der Waals surface area contributed by atoms with Crippen LogP contribution in [-0.4, -0.2) is 12.7 Å². The van der Waals surface area contributed by atoms with Crippen LogP contribution in [0.5, 0.6) is 11.5 Å². The van der Waals surface area contributed by atoms with Crippen molar-refractivity contribution >= 4 is 6.08 Å². The van der Waals surface area contributed by atoms with Crippen LogP contribution in [0.1, 0.15) is 26.3 Å². The summed E-state index contributed by atoms with van der Waals surface area (Å²) in [5.74, 6) is 1.59. The molecule has 1 rings (SSSR count). The Morgan fingerprint density at radius 3 is 2.40 bits per heavy atom. The molecule has 0 aliphatic heterocycles. The zero-order valence-corrected chi connectivity index (χ0v) is 9.83. The lowest BCUT2D eigenvalue weighted by atomic mass is 10.1. The molecule has 0 aromatic heterocycles. The fraction of sp³-hybridized carbons (Fsp3) is 0.385. The van der Waals surface area contributed by atoms with Gasteiger partial charge < -0.3 is 9.47 Å². The highest BCUT2D eigenvalue weighted by Gasteiger charge is 2.12. The third-order valence-electron chi connectivity index (χ3n) is 1.85. The molecule has 1 aromatic rings. The van der Waals surface area contributed by atoms with Gasteiger partial charge in [-0.3, -0.25) is 0 Å². The number of hydrogen-bond donors (Lipinski definition) is 0. The largest absolute Gasteiger partial charge is 0.496 e. The molecule has 0 atom stereocenters. The van der Waals surface area contributed by atoms with Crippen LogP contribution in [0.3, 0.4) is 0 Å². The van der Waals surface area contributed by atoms with E-state index in [2.05, 4.69) is 6.58 Å². The summed E-state index contributed by atoms with van der Waals surface area (Å²) in [6.07, 6.45) is 1.76. The van der Waals surface area contributed by atoms with Gasteiger partial charge in [-0.1, -0.05) is 12.7 Å². The Bertz CT molecular complexity index is 348. The maximum absolute atomic E-state index is 5.73. The van der Waals surface area contributed by atoms with Gasteiger partial charge >= 0.3 is 0 Å². The van der Waals surface area contributed by atoms with Crippen molar-refractivity contribution in [3.63, 3.8) is 0 Å². The first kappa shape index (κ1) is 11.6. The SMILES string of the molecule is C=Cc1ccc(OC(C)(C)C)cc1OC. The lowest BCUT2D eigenvalue weighted by Crippen LogP contribution is -2.22. The van der Waals surface area contributed by atoms with Gasteiger partial charge in [-0.25, -0.2) is 0 Å². The van der Waals surface area contributed by atoms with Gasteiger partial charge in [0, 0.05) is 11.6 Å². The lowest BCUT2D eigenvalue weighted by Gasteiger charge is -2.21. The van der Waals surface area contributed by atoms with E-state index in [0.717, 1.165) is 17.1 Å². The molecule has 0 saturated heterocycles. The van der Waals surface area contributed by atoms with Crippen LogP contribution in [-0.2, 0) is 0 Å². The molecule has 0 spiro atoms. The van der Waals surface area contributed by atoms with Gasteiger partial charge in [-0.05, 0) is 32.9 Å². The Balaban J connectivity index is 2.98. The molecule has 0 saturated carbocycles. The molecule has 0 aliphatic rings. The van der Waals surface area contributed by atoms with E-state index >= 15 is 0 Å². The summed E-state index contributed by atoms with van der Waals surface area (Å²) >= 11 is 0. The second-order valence-corrected chi connectivity index (χ2v) is 4.32. The minimum atomic E-state index is -0.194. The summed E-state index contributed by atoms with van der Waals surface area (Å²) in [5, 5.41) is 0. The quantitative estimate of drug-likeness (QED) is 0.753. The topological polar surface area (TPSA) is 18.5 Å². The second-order valence-electron chi connectivity index (χ2n) is 4.32. The van der Waals surface area contributed by atoms with Crippen LogP contribution in [0.25, 0.3) is 6.08 Å². The lowest BCUT2D eigenvalue weighted by molar-refractivity contribution is 0.130. The second kappa shape index (κ2) is 4.39. The summed E-state index contributed by atoms with van der Waals surface area (Å²) < 4.78 is 11.0. The van der Waals surface area contributed by atoms with Crippen molar-refractivity contribution in [2.45, 2.75) is 26.4 Å². The smallest absolute Gasteiger partial charge is 0.129 e. The maximum atomic E-state index is 5.73. The predicted molar refractivity (Wildman–Crippen MR) is 63.5 cm³/mol. The number of rotatable bonds is 3. The number of ether oxygens (including phenoxy) is 2. The van der Waals surface area contributed by atoms with Gasteiger partial charge in [0.25, 0.3) is 0 Å². The standard InChI is InChI=1S/C13H18O2/c1-6-10-7-8-11(9-12(10)14-5)15-13(2,3)4/h6-9H,1H2,2-5H3. The zero-order chi connectivity index (χ0) is 11.5. The minimum absolute atomic E-state index is 0.194. The monoisotopic (exact) mass is 206 g/mol. The molecule has 2 nitrogen and oxygen atoms in total. The van der Waals surface area contributed by atoms with Crippen molar-refractivity contribution in [1.29, 1.82) is 0 Å². The molecule has 2 heteroatoms. The van der Waals surface area contributed by atoms with Gasteiger partial charge in [0.05, 0.1) is 7.11 Å². The van der Waals surface area contributed by atoms with Crippen LogP contribution in [0, 0.1) is 0 Å². The molecule has 0 heterocycles. The molecule has 0 bridgehead atoms. The highest BCUT2D eigenvalue weighted by atomic mass is 16.5. The molecule has 0 amide bonds. The Kier molecular flexibility index (Phi) is 3.40. The highest BCUT2D eigenvalue weighted by Crippen LogP contribution is 2.27. The molecule has 0 aliphatic carbocycles. The van der Waals surface area contributed by atoms with Gasteiger partial charge in [0.1, 0.15) is 17.1 Å². The van der Waals surface area contributed by atoms with E-state index in [1.165, 1.54) is 0 Å². The Morgan fingerprint density at radius 2 is 1.93 bits per heavy atom. The van der Waals surface area contributed by atoms with Crippen LogP contribution in [0.4, 0.5) is 0 Å². The normalized spacial score (nSPS) is 10.9. The Labute approximate surface area is 91.5 Å². The first-order valence-electron chi connectivity index (χ1n) is 4.96. The van der Waals surface area contributed by atoms with Gasteiger partial charge in [0.2, 0.25) is 0 Å². The van der Waals surface area contributed by atoms with Gasteiger partial charge in [-0.2, -0.15) is 0 Å². The van der Waals surface area contributed by atoms with Crippen LogP contribution in [0.15, 0.2) is 24.8 Å². The molecule has 0 radical (unpaired) electrons. The van der Waals surface area contributed by atoms with Crippen molar-refractivity contribution in [2.75, 3.05) is 7.11 Å². The average Bonchev–Trinajstić information content (AvgIpc) is 2.15. The van der Waals surface area contributed by atoms with Crippen molar-refractivity contribution in [3.8, 4) is 11.5 Å². The van der Waals surface area contributed by atoms with E-state index < -0.39 is 0 Å². The van der Waals surface area contributed by atoms with Gasteiger partial charge in [-0.15, -0.1) is 0 Å². The summed E-state index contributed by atoms with van der Waals surface area (Å²) in [4.78, 5) is 0. The first-order valence-corrected chi connectivity index (χ1v) is 4.96. The predicted octanol–water partition coefficient (Wildman–Crippen LogP) is 3.52. The number of methoxy groups -OCH3 is 1. The van der Waals surface area contributed by atoms with Crippen molar-refractivity contribution in [3.05, 3.63) is 30.3 Å². The van der Waals surface area contributed by atoms with E-state index in [1.54, 1.807) is 13.2 Å². The van der Waals surface area contributed by atoms with Crippen LogP contribution >= 0.6 is 0 Å². The fourth-order valence-electron chi connectivity index (χ4n) is 1.28. The minimum Gasteiger partial charge on any atom is -0.496 e. The molecule has 1 aromatic carbocycles. The maximum Gasteiger partial charge on any atom is 0.129 e. The van der Waals surface area contributed by atoms with E-state index in [-0.39, 0.29) is 5.60 Å². The summed E-state index contributed by atoms with van der Waals surface area (Å²) in [6, 6.07) is 5.74. The highest BCUT2D eigenvalue weighted by molar-refractivity contribution is 5.57. The Morgan fingerprint density at radius 1 is 1.27 bits per heavy atom. The van der Waals surface area contributed by atoms with E-state index in [0.29, 0.717) is 0 Å². The van der Waals surface area contributed by atoms with Crippen molar-refractivity contribution < 1.29 is 9.47 Å². The molecular formula is C13H18O2. The van der Waals surface area contributed by atoms with Crippen molar-refractivity contribution in [2.24, 2.45) is 0 Å². The van der Waals surface area contributed by atoms with Crippen LogP contribution in [0.2, 0.25) is 0 Å². The molecule has 0 N–H and O–H groups in total. The van der Waals surface area contributed by atoms with Crippen molar-refractivity contribution in [1.82, 2.24) is 0 Å². The fourth-order valence-corrected chi connectivity index (χ4v) is 1.28. The summed E-state index contributed by atoms with van der Waals surface area (Å²) in [6.45, 7) is 9.77. The molecule has 0 fully saturated rings. The Hall–Kier alpha value is -1.44. The molecular weight excluding hydrogens is 188 g/mol. The first-order chi connectivity index (χ1) is 6.96. The van der Waals surface area contributed by atoms with E-state index in [4.69, 9.17) is 9.47 Å². The summed E-state index contributed by atoms with van der Waals surface area (Å²) in [5.41, 5.74) is 0.777. The third-order valence-corrected chi connectivity index (χ3v) is 1.85. The van der Waals surface area contributed by atoms with E-state index in [1.807, 2.05) is 39.0 Å². The molecule has 0 unspecified atom stereocenters. The zero-order valence-electron chi connectivity index (χ0n) is 9.83. The molecule has 15 heavy (non-hydrogen) atoms. The average molecular weight is 206 g/mol.